The van der Waals surface area contributed by atoms with Gasteiger partial charge in [-0.25, -0.2) is 9.97 Å². The van der Waals surface area contributed by atoms with Crippen LogP contribution in [0.15, 0.2) is 6.33 Å². The highest BCUT2D eigenvalue weighted by Gasteiger charge is 2.18. The molecule has 0 atom stereocenters. The van der Waals surface area contributed by atoms with E-state index in [-0.39, 0.29) is 0 Å². The van der Waals surface area contributed by atoms with Crippen molar-refractivity contribution in [1.29, 1.82) is 0 Å². The van der Waals surface area contributed by atoms with E-state index in [1.807, 2.05) is 0 Å². The van der Waals surface area contributed by atoms with Gasteiger partial charge in [0.15, 0.2) is 0 Å². The molecule has 0 radical (unpaired) electrons. The monoisotopic (exact) mass is 235 g/mol. The van der Waals surface area contributed by atoms with Crippen molar-refractivity contribution in [3.63, 3.8) is 0 Å². The molecule has 76 valence electrons. The highest BCUT2D eigenvalue weighted by atomic mass is 32.1. The Morgan fingerprint density at radius 2 is 2.07 bits per heavy atom. The lowest BCUT2D eigenvalue weighted by Gasteiger charge is -2.05. The summed E-state index contributed by atoms with van der Waals surface area (Å²) in [7, 11) is 0. The first-order valence-corrected chi connectivity index (χ1v) is 6.05. The van der Waals surface area contributed by atoms with Crippen LogP contribution in [0.4, 0.5) is 5.82 Å². The van der Waals surface area contributed by atoms with Crippen molar-refractivity contribution in [3.05, 3.63) is 21.3 Å². The van der Waals surface area contributed by atoms with Crippen LogP contribution in [-0.4, -0.2) is 9.97 Å². The van der Waals surface area contributed by atoms with Crippen molar-refractivity contribution in [2.24, 2.45) is 0 Å². The molecule has 3 rings (SSSR count). The molecule has 0 saturated carbocycles. The fourth-order valence-electron chi connectivity index (χ4n) is 2.14. The van der Waals surface area contributed by atoms with E-state index in [4.69, 9.17) is 18.0 Å². The number of fused-ring (bicyclic) bond motifs is 3. The van der Waals surface area contributed by atoms with Crippen LogP contribution in [0.25, 0.3) is 10.2 Å². The summed E-state index contributed by atoms with van der Waals surface area (Å²) in [6, 6.07) is 0. The Morgan fingerprint density at radius 1 is 1.27 bits per heavy atom. The third-order valence-electron chi connectivity index (χ3n) is 2.80. The highest BCUT2D eigenvalue weighted by Crippen LogP contribution is 2.34. The van der Waals surface area contributed by atoms with Crippen molar-refractivity contribution in [2.75, 3.05) is 5.73 Å². The number of aromatic nitrogens is 2. The first kappa shape index (κ1) is 9.18. The quantitative estimate of drug-likeness (QED) is 0.713. The molecular formula is C10H9N3S2. The average molecular weight is 235 g/mol. The maximum absolute atomic E-state index is 5.90. The van der Waals surface area contributed by atoms with Gasteiger partial charge in [0.25, 0.3) is 0 Å². The Balaban J connectivity index is 2.55. The van der Waals surface area contributed by atoms with E-state index >= 15 is 0 Å². The lowest BCUT2D eigenvalue weighted by Crippen LogP contribution is -1.96. The molecular weight excluding hydrogens is 226 g/mol. The predicted octanol–water partition coefficient (Wildman–Crippen LogP) is 2.49. The summed E-state index contributed by atoms with van der Waals surface area (Å²) in [4.78, 5) is 9.22. The summed E-state index contributed by atoms with van der Waals surface area (Å²) in [5.74, 6) is 0.587. The van der Waals surface area contributed by atoms with Crippen LogP contribution in [0, 0.1) is 3.82 Å². The Hall–Kier alpha value is -1.07. The van der Waals surface area contributed by atoms with Crippen LogP contribution in [0.5, 0.6) is 0 Å². The second-order valence-electron chi connectivity index (χ2n) is 3.64. The number of nitrogens with two attached hydrogens (primary N) is 1. The van der Waals surface area contributed by atoms with E-state index in [1.54, 1.807) is 11.3 Å². The summed E-state index contributed by atoms with van der Waals surface area (Å²) >= 11 is 6.91. The first-order chi connectivity index (χ1) is 7.27. The molecule has 2 aromatic rings. The number of rotatable bonds is 0. The summed E-state index contributed by atoms with van der Waals surface area (Å²) in [5, 5.41) is 1.03. The van der Waals surface area contributed by atoms with Crippen LogP contribution in [-0.2, 0) is 12.8 Å². The van der Waals surface area contributed by atoms with Gasteiger partial charge in [0.2, 0.25) is 0 Å². The van der Waals surface area contributed by atoms with E-state index in [9.17, 15) is 0 Å². The van der Waals surface area contributed by atoms with Gasteiger partial charge in [0.1, 0.15) is 17.0 Å². The van der Waals surface area contributed by atoms with Crippen LogP contribution in [0.2, 0.25) is 0 Å². The standard InChI is InChI=1S/C10H9N3S2/c11-8-7-5-2-1-3-6(5)10(14)15-9(7)13-4-12-8/h4H,1-3H2,(H2,11,12,13). The lowest BCUT2D eigenvalue weighted by molar-refractivity contribution is 0.913. The Labute approximate surface area is 96.0 Å². The maximum Gasteiger partial charge on any atom is 0.135 e. The minimum atomic E-state index is 0.587. The molecule has 0 amide bonds. The van der Waals surface area contributed by atoms with E-state index in [2.05, 4.69) is 9.97 Å². The number of hydrogen-bond acceptors (Lipinski definition) is 5. The molecule has 1 aliphatic rings. The zero-order valence-electron chi connectivity index (χ0n) is 7.99. The summed E-state index contributed by atoms with van der Waals surface area (Å²) in [5.41, 5.74) is 8.48. The third kappa shape index (κ3) is 1.27. The first-order valence-electron chi connectivity index (χ1n) is 4.82. The van der Waals surface area contributed by atoms with Crippen molar-refractivity contribution in [1.82, 2.24) is 9.97 Å². The summed E-state index contributed by atoms with van der Waals surface area (Å²) in [6.07, 6.45) is 4.80. The SMILES string of the molecule is Nc1ncnc2sc(=S)c3c(c12)CCC3. The lowest BCUT2D eigenvalue weighted by atomic mass is 10.1. The van der Waals surface area contributed by atoms with E-state index < -0.39 is 0 Å². The molecule has 5 heteroatoms. The predicted molar refractivity (Wildman–Crippen MR) is 64.7 cm³/mol. The number of nitrogens with zero attached hydrogens (tertiary/aromatic N) is 2. The highest BCUT2D eigenvalue weighted by molar-refractivity contribution is 7.73. The van der Waals surface area contributed by atoms with Crippen LogP contribution >= 0.6 is 23.6 Å². The van der Waals surface area contributed by atoms with Gasteiger partial charge in [0, 0.05) is 0 Å². The molecule has 0 bridgehead atoms. The smallest absolute Gasteiger partial charge is 0.135 e. The molecule has 2 heterocycles. The van der Waals surface area contributed by atoms with Gasteiger partial charge < -0.3 is 5.73 Å². The zero-order chi connectivity index (χ0) is 10.4. The fourth-order valence-corrected chi connectivity index (χ4v) is 3.55. The summed E-state index contributed by atoms with van der Waals surface area (Å²) < 4.78 is 0.966. The van der Waals surface area contributed by atoms with Crippen molar-refractivity contribution < 1.29 is 0 Å². The topological polar surface area (TPSA) is 51.8 Å². The molecule has 0 fully saturated rings. The second-order valence-corrected chi connectivity index (χ2v) is 5.30. The molecule has 0 saturated heterocycles. The van der Waals surface area contributed by atoms with Crippen LogP contribution in [0.1, 0.15) is 17.5 Å². The largest absolute Gasteiger partial charge is 0.383 e. The fraction of sp³-hybridized carbons (Fsp3) is 0.300. The molecule has 0 spiro atoms. The average Bonchev–Trinajstić information content (AvgIpc) is 2.66. The number of nitrogen functional groups attached to an aromatic ring is 1. The molecule has 2 aromatic heterocycles. The van der Waals surface area contributed by atoms with E-state index in [0.717, 1.165) is 26.9 Å². The number of hydrogen-bond donors (Lipinski definition) is 1. The number of aryl methyl sites for hydroxylation is 1. The number of anilines is 1. The Kier molecular flexibility index (Phi) is 1.97. The normalized spacial score (nSPS) is 14.4. The molecule has 0 aromatic carbocycles. The Bertz CT molecular complexity index is 603. The maximum atomic E-state index is 5.90. The molecule has 1 aliphatic carbocycles. The van der Waals surface area contributed by atoms with Crippen LogP contribution < -0.4 is 5.73 Å². The zero-order valence-corrected chi connectivity index (χ0v) is 9.62. The van der Waals surface area contributed by atoms with Gasteiger partial charge in [-0.2, -0.15) is 0 Å². The van der Waals surface area contributed by atoms with Gasteiger partial charge in [-0.05, 0) is 30.4 Å². The Morgan fingerprint density at radius 3 is 2.93 bits per heavy atom. The third-order valence-corrected chi connectivity index (χ3v) is 4.23. The van der Waals surface area contributed by atoms with E-state index in [0.29, 0.717) is 5.82 Å². The second kappa shape index (κ2) is 3.21. The van der Waals surface area contributed by atoms with Gasteiger partial charge in [-0.15, -0.1) is 11.3 Å². The van der Waals surface area contributed by atoms with Crippen LogP contribution in [0.3, 0.4) is 0 Å². The van der Waals surface area contributed by atoms with Gasteiger partial charge in [0.05, 0.1) is 9.21 Å². The molecule has 0 unspecified atom stereocenters. The van der Waals surface area contributed by atoms with Crippen molar-refractivity contribution in [2.45, 2.75) is 19.3 Å². The minimum absolute atomic E-state index is 0.587. The molecule has 2 N–H and O–H groups in total. The van der Waals surface area contributed by atoms with E-state index in [1.165, 1.54) is 23.9 Å². The molecule has 15 heavy (non-hydrogen) atoms. The minimum Gasteiger partial charge on any atom is -0.383 e. The summed E-state index contributed by atoms with van der Waals surface area (Å²) in [6.45, 7) is 0. The van der Waals surface area contributed by atoms with Crippen molar-refractivity contribution in [3.8, 4) is 0 Å². The van der Waals surface area contributed by atoms with Gasteiger partial charge >= 0.3 is 0 Å². The van der Waals surface area contributed by atoms with Crippen molar-refractivity contribution >= 4 is 39.6 Å². The van der Waals surface area contributed by atoms with Gasteiger partial charge in [-0.3, -0.25) is 0 Å². The molecule has 0 aliphatic heterocycles. The van der Waals surface area contributed by atoms with Gasteiger partial charge in [-0.1, -0.05) is 12.2 Å². The molecule has 3 nitrogen and oxygen atoms in total.